The quantitative estimate of drug-likeness (QED) is 0.578. The average molecular weight is 527 g/mol. The zero-order chi connectivity index (χ0) is 26.8. The lowest BCUT2D eigenvalue weighted by atomic mass is 9.83. The number of hydrogen-bond donors (Lipinski definition) is 2. The van der Waals surface area contributed by atoms with Crippen LogP contribution in [0.1, 0.15) is 57.5 Å². The molecule has 4 aliphatic heterocycles. The van der Waals surface area contributed by atoms with Crippen molar-refractivity contribution in [2.75, 3.05) is 13.1 Å². The number of nitrogens with one attached hydrogen (secondary N) is 1. The molecular weight excluding hydrogens is 504 g/mol. The number of fused-ring (bicyclic) bond motifs is 2. The van der Waals surface area contributed by atoms with Crippen molar-refractivity contribution in [3.05, 3.63) is 58.7 Å². The van der Waals surface area contributed by atoms with E-state index in [9.17, 15) is 33.1 Å². The number of carbonyl (C=O) groups excluding carboxylic acids is 4. The minimum absolute atomic E-state index is 0.0208. The number of hydrogen-bond acceptors (Lipinski definition) is 8. The van der Waals surface area contributed by atoms with Crippen molar-refractivity contribution in [3.8, 4) is 11.5 Å². The smallest absolute Gasteiger partial charge is 0.395 e. The molecule has 0 aromatic heterocycles. The van der Waals surface area contributed by atoms with Gasteiger partial charge < -0.3 is 14.6 Å². The standard InChI is InChI=1S/C26H23F2N3O7/c27-26(28)37-19-5-1-14(11-20(19)38-26)13-30-9-7-25(36,8-10-30)15-2-3-16-17(12-15)24(35)31(23(16)34)18-4-6-21(32)29-22(18)33/h1-3,5,11-12,18,36H,4,6-10,13H2,(H,29,32,33). The summed E-state index contributed by atoms with van der Waals surface area (Å²) in [5, 5.41) is 13.6. The molecule has 2 N–H and O–H groups in total. The third-order valence-corrected chi connectivity index (χ3v) is 7.53. The summed E-state index contributed by atoms with van der Waals surface area (Å²) in [5.41, 5.74) is 0.273. The molecule has 0 aliphatic carbocycles. The van der Waals surface area contributed by atoms with E-state index in [1.807, 2.05) is 0 Å². The molecule has 0 saturated carbocycles. The molecule has 2 fully saturated rings. The Morgan fingerprint density at radius 3 is 2.39 bits per heavy atom. The summed E-state index contributed by atoms with van der Waals surface area (Å²) >= 11 is 0. The summed E-state index contributed by atoms with van der Waals surface area (Å²) < 4.78 is 35.5. The molecule has 4 heterocycles. The molecule has 1 atom stereocenters. The lowest BCUT2D eigenvalue weighted by molar-refractivity contribution is -0.286. The molecule has 0 spiro atoms. The summed E-state index contributed by atoms with van der Waals surface area (Å²) in [6.07, 6.45) is -2.90. The molecule has 2 aromatic carbocycles. The fourth-order valence-electron chi connectivity index (χ4n) is 5.48. The fraction of sp³-hybridized carbons (Fsp3) is 0.385. The van der Waals surface area contributed by atoms with E-state index in [2.05, 4.69) is 19.7 Å². The molecule has 1 unspecified atom stereocenters. The van der Waals surface area contributed by atoms with Gasteiger partial charge in [0.1, 0.15) is 6.04 Å². The Kier molecular flexibility index (Phi) is 5.51. The monoisotopic (exact) mass is 527 g/mol. The number of likely N-dealkylation sites (tertiary alicyclic amines) is 1. The van der Waals surface area contributed by atoms with Crippen LogP contribution in [0, 0.1) is 0 Å². The molecular formula is C26H23F2N3O7. The minimum atomic E-state index is -3.68. The molecule has 12 heteroatoms. The van der Waals surface area contributed by atoms with Gasteiger partial charge in [-0.2, -0.15) is 0 Å². The maximum Gasteiger partial charge on any atom is 0.586 e. The Hall–Kier alpha value is -3.90. The molecule has 0 bridgehead atoms. The highest BCUT2D eigenvalue weighted by molar-refractivity contribution is 6.23. The minimum Gasteiger partial charge on any atom is -0.395 e. The highest BCUT2D eigenvalue weighted by Crippen LogP contribution is 2.42. The topological polar surface area (TPSA) is 125 Å². The summed E-state index contributed by atoms with van der Waals surface area (Å²) in [6.45, 7) is 1.44. The fourth-order valence-corrected chi connectivity index (χ4v) is 5.48. The Bertz CT molecular complexity index is 1390. The van der Waals surface area contributed by atoms with Crippen molar-refractivity contribution >= 4 is 23.6 Å². The van der Waals surface area contributed by atoms with Crippen LogP contribution in [-0.2, 0) is 21.7 Å². The van der Waals surface area contributed by atoms with Crippen LogP contribution in [0.5, 0.6) is 11.5 Å². The second-order valence-corrected chi connectivity index (χ2v) is 9.96. The lowest BCUT2D eigenvalue weighted by Gasteiger charge is -2.38. The van der Waals surface area contributed by atoms with E-state index in [1.165, 1.54) is 24.3 Å². The SMILES string of the molecule is O=C1CCC(N2C(=O)c3ccc(C4(O)CCN(Cc5ccc6c(c5)OC(F)(F)O6)CC4)cc3C2=O)C(=O)N1. The number of nitrogens with zero attached hydrogens (tertiary/aromatic N) is 2. The molecule has 10 nitrogen and oxygen atoms in total. The first kappa shape index (κ1) is 24.4. The highest BCUT2D eigenvalue weighted by atomic mass is 19.3. The summed E-state index contributed by atoms with van der Waals surface area (Å²) in [4.78, 5) is 52.8. The van der Waals surface area contributed by atoms with Gasteiger partial charge in [0.2, 0.25) is 11.8 Å². The van der Waals surface area contributed by atoms with Crippen LogP contribution in [0.15, 0.2) is 36.4 Å². The van der Waals surface area contributed by atoms with E-state index in [4.69, 9.17) is 0 Å². The number of amides is 4. The highest BCUT2D eigenvalue weighted by Gasteiger charge is 2.46. The summed E-state index contributed by atoms with van der Waals surface area (Å²) in [5.74, 6) is -2.40. The average Bonchev–Trinajstić information content (AvgIpc) is 3.31. The number of aliphatic hydroxyl groups is 1. The first-order valence-electron chi connectivity index (χ1n) is 12.2. The van der Waals surface area contributed by atoms with Gasteiger partial charge in [0.15, 0.2) is 11.5 Å². The summed E-state index contributed by atoms with van der Waals surface area (Å²) in [7, 11) is 0. The van der Waals surface area contributed by atoms with Crippen molar-refractivity contribution in [1.82, 2.24) is 15.1 Å². The van der Waals surface area contributed by atoms with E-state index in [-0.39, 0.29) is 35.5 Å². The number of piperidine rings is 2. The molecule has 6 rings (SSSR count). The maximum atomic E-state index is 13.3. The number of halogens is 2. The van der Waals surface area contributed by atoms with Gasteiger partial charge in [-0.25, -0.2) is 0 Å². The predicted octanol–water partition coefficient (Wildman–Crippen LogP) is 1.89. The van der Waals surface area contributed by atoms with Crippen LogP contribution in [0.25, 0.3) is 0 Å². The van der Waals surface area contributed by atoms with Gasteiger partial charge >= 0.3 is 6.29 Å². The number of ether oxygens (including phenoxy) is 2. The molecule has 4 aliphatic rings. The van der Waals surface area contributed by atoms with Crippen molar-refractivity contribution in [2.45, 2.75) is 50.2 Å². The number of imide groups is 2. The van der Waals surface area contributed by atoms with Crippen LogP contribution in [-0.4, -0.2) is 64.0 Å². The zero-order valence-corrected chi connectivity index (χ0v) is 20.0. The van der Waals surface area contributed by atoms with Crippen molar-refractivity contribution in [1.29, 1.82) is 0 Å². The van der Waals surface area contributed by atoms with Gasteiger partial charge in [-0.3, -0.25) is 34.3 Å². The Morgan fingerprint density at radius 1 is 0.947 bits per heavy atom. The summed E-state index contributed by atoms with van der Waals surface area (Å²) in [6, 6.07) is 8.19. The van der Waals surface area contributed by atoms with E-state index in [1.54, 1.807) is 12.1 Å². The molecule has 198 valence electrons. The van der Waals surface area contributed by atoms with Crippen LogP contribution < -0.4 is 14.8 Å². The lowest BCUT2D eigenvalue weighted by Crippen LogP contribution is -2.54. The third-order valence-electron chi connectivity index (χ3n) is 7.53. The van der Waals surface area contributed by atoms with Gasteiger partial charge in [0.25, 0.3) is 11.8 Å². The van der Waals surface area contributed by atoms with Gasteiger partial charge in [-0.1, -0.05) is 12.1 Å². The van der Waals surface area contributed by atoms with Gasteiger partial charge in [0, 0.05) is 26.1 Å². The first-order valence-corrected chi connectivity index (χ1v) is 12.2. The Morgan fingerprint density at radius 2 is 1.66 bits per heavy atom. The molecule has 0 radical (unpaired) electrons. The number of rotatable bonds is 4. The zero-order valence-electron chi connectivity index (χ0n) is 20.0. The van der Waals surface area contributed by atoms with Gasteiger partial charge in [-0.15, -0.1) is 8.78 Å². The Balaban J connectivity index is 1.14. The number of carbonyl (C=O) groups is 4. The van der Waals surface area contributed by atoms with E-state index < -0.39 is 41.6 Å². The molecule has 2 aromatic rings. The predicted molar refractivity (Wildman–Crippen MR) is 124 cm³/mol. The number of benzene rings is 2. The van der Waals surface area contributed by atoms with E-state index in [0.29, 0.717) is 38.0 Å². The number of alkyl halides is 2. The van der Waals surface area contributed by atoms with Crippen molar-refractivity contribution < 1.29 is 42.5 Å². The molecule has 38 heavy (non-hydrogen) atoms. The first-order chi connectivity index (χ1) is 18.0. The Labute approximate surface area is 215 Å². The van der Waals surface area contributed by atoms with Crippen LogP contribution in [0.2, 0.25) is 0 Å². The molecule has 4 amide bonds. The maximum absolute atomic E-state index is 13.3. The van der Waals surface area contributed by atoms with Crippen LogP contribution in [0.4, 0.5) is 8.78 Å². The van der Waals surface area contributed by atoms with Crippen LogP contribution >= 0.6 is 0 Å². The van der Waals surface area contributed by atoms with Gasteiger partial charge in [-0.05, 0) is 54.7 Å². The third kappa shape index (κ3) is 4.09. The van der Waals surface area contributed by atoms with E-state index in [0.717, 1.165) is 10.5 Å². The second kappa shape index (κ2) is 8.57. The normalized spacial score (nSPS) is 24.0. The largest absolute Gasteiger partial charge is 0.586 e. The van der Waals surface area contributed by atoms with Crippen LogP contribution in [0.3, 0.4) is 0 Å². The van der Waals surface area contributed by atoms with Gasteiger partial charge in [0.05, 0.1) is 16.7 Å². The second-order valence-electron chi connectivity index (χ2n) is 9.96. The van der Waals surface area contributed by atoms with E-state index >= 15 is 0 Å². The van der Waals surface area contributed by atoms with Crippen molar-refractivity contribution in [2.24, 2.45) is 0 Å². The van der Waals surface area contributed by atoms with Crippen molar-refractivity contribution in [3.63, 3.8) is 0 Å². The molecule has 2 saturated heterocycles.